The normalized spacial score (nSPS) is 18.3. The summed E-state index contributed by atoms with van der Waals surface area (Å²) < 4.78 is 0. The standard InChI is InChI=1S/C10H16N4S/c1-10(4-3-5-10)14-8-6-7(11)12-9(13-8)15-2/h6H,3-5H2,1-2H3,(H3,11,12,13,14). The van der Waals surface area contributed by atoms with Gasteiger partial charge in [-0.05, 0) is 32.4 Å². The van der Waals surface area contributed by atoms with Crippen LogP contribution >= 0.6 is 11.8 Å². The minimum atomic E-state index is 0.205. The van der Waals surface area contributed by atoms with Crippen molar-refractivity contribution in [1.82, 2.24) is 9.97 Å². The van der Waals surface area contributed by atoms with Gasteiger partial charge >= 0.3 is 0 Å². The van der Waals surface area contributed by atoms with E-state index in [4.69, 9.17) is 5.73 Å². The van der Waals surface area contributed by atoms with Gasteiger partial charge < -0.3 is 11.1 Å². The van der Waals surface area contributed by atoms with Gasteiger partial charge in [-0.1, -0.05) is 11.8 Å². The molecule has 0 unspecified atom stereocenters. The van der Waals surface area contributed by atoms with E-state index in [1.165, 1.54) is 31.0 Å². The number of nitrogen functional groups attached to an aromatic ring is 1. The molecule has 15 heavy (non-hydrogen) atoms. The molecular weight excluding hydrogens is 208 g/mol. The van der Waals surface area contributed by atoms with E-state index < -0.39 is 0 Å². The maximum absolute atomic E-state index is 5.71. The predicted octanol–water partition coefficient (Wildman–Crippen LogP) is 2.14. The molecule has 82 valence electrons. The largest absolute Gasteiger partial charge is 0.383 e. The second kappa shape index (κ2) is 3.89. The Morgan fingerprint density at radius 2 is 2.20 bits per heavy atom. The molecule has 1 aliphatic rings. The monoisotopic (exact) mass is 224 g/mol. The van der Waals surface area contributed by atoms with Gasteiger partial charge in [-0.15, -0.1) is 0 Å². The Morgan fingerprint density at radius 1 is 1.47 bits per heavy atom. The van der Waals surface area contributed by atoms with Crippen LogP contribution in [0.4, 0.5) is 11.6 Å². The molecule has 2 rings (SSSR count). The van der Waals surface area contributed by atoms with Crippen molar-refractivity contribution in [2.75, 3.05) is 17.3 Å². The van der Waals surface area contributed by atoms with Gasteiger partial charge in [0.25, 0.3) is 0 Å². The van der Waals surface area contributed by atoms with Crippen molar-refractivity contribution >= 4 is 23.4 Å². The first-order valence-corrected chi connectivity index (χ1v) is 6.30. The average Bonchev–Trinajstić information content (AvgIpc) is 2.14. The lowest BCUT2D eigenvalue weighted by Gasteiger charge is -2.39. The zero-order valence-electron chi connectivity index (χ0n) is 9.08. The van der Waals surface area contributed by atoms with E-state index in [0.717, 1.165) is 11.0 Å². The number of aromatic nitrogens is 2. The van der Waals surface area contributed by atoms with E-state index in [-0.39, 0.29) is 5.54 Å². The molecule has 3 N–H and O–H groups in total. The molecule has 0 saturated heterocycles. The molecule has 1 aromatic rings. The molecular formula is C10H16N4S. The molecule has 1 aliphatic carbocycles. The van der Waals surface area contributed by atoms with E-state index in [1.54, 1.807) is 6.07 Å². The van der Waals surface area contributed by atoms with Gasteiger partial charge in [0.05, 0.1) is 0 Å². The molecule has 1 heterocycles. The van der Waals surface area contributed by atoms with Crippen molar-refractivity contribution in [2.45, 2.75) is 36.9 Å². The number of hydrogen-bond acceptors (Lipinski definition) is 5. The summed E-state index contributed by atoms with van der Waals surface area (Å²) in [6.07, 6.45) is 5.64. The number of nitrogens with two attached hydrogens (primary N) is 1. The predicted molar refractivity (Wildman–Crippen MR) is 64.1 cm³/mol. The molecule has 0 bridgehead atoms. The number of rotatable bonds is 3. The highest BCUT2D eigenvalue weighted by Crippen LogP contribution is 2.34. The topological polar surface area (TPSA) is 63.8 Å². The van der Waals surface area contributed by atoms with Crippen LogP contribution in [0.15, 0.2) is 11.2 Å². The van der Waals surface area contributed by atoms with Gasteiger partial charge in [-0.3, -0.25) is 0 Å². The van der Waals surface area contributed by atoms with Gasteiger partial charge in [-0.2, -0.15) is 0 Å². The average molecular weight is 224 g/mol. The van der Waals surface area contributed by atoms with E-state index in [0.29, 0.717) is 5.82 Å². The van der Waals surface area contributed by atoms with Crippen LogP contribution in [0.25, 0.3) is 0 Å². The molecule has 0 atom stereocenters. The molecule has 1 fully saturated rings. The molecule has 0 radical (unpaired) electrons. The third kappa shape index (κ3) is 2.34. The summed E-state index contributed by atoms with van der Waals surface area (Å²) in [5, 5.41) is 4.15. The summed E-state index contributed by atoms with van der Waals surface area (Å²) in [6, 6.07) is 1.79. The number of nitrogens with one attached hydrogen (secondary N) is 1. The van der Waals surface area contributed by atoms with Crippen LogP contribution in [0.2, 0.25) is 0 Å². The zero-order valence-corrected chi connectivity index (χ0v) is 9.90. The third-order valence-corrected chi connectivity index (χ3v) is 3.34. The molecule has 1 saturated carbocycles. The molecule has 0 spiro atoms. The number of hydrogen-bond donors (Lipinski definition) is 2. The van der Waals surface area contributed by atoms with Crippen LogP contribution < -0.4 is 11.1 Å². The van der Waals surface area contributed by atoms with E-state index in [2.05, 4.69) is 22.2 Å². The summed E-state index contributed by atoms with van der Waals surface area (Å²) in [5.74, 6) is 1.37. The van der Waals surface area contributed by atoms with E-state index in [1.807, 2.05) is 6.26 Å². The number of anilines is 2. The summed E-state index contributed by atoms with van der Waals surface area (Å²) in [6.45, 7) is 2.22. The van der Waals surface area contributed by atoms with E-state index in [9.17, 15) is 0 Å². The van der Waals surface area contributed by atoms with Gasteiger partial charge in [0, 0.05) is 11.6 Å². The molecule has 0 aromatic carbocycles. The van der Waals surface area contributed by atoms with Gasteiger partial charge in [0.15, 0.2) is 5.16 Å². The zero-order chi connectivity index (χ0) is 10.9. The van der Waals surface area contributed by atoms with Crippen molar-refractivity contribution < 1.29 is 0 Å². The Labute approximate surface area is 94.1 Å². The number of nitrogens with zero attached hydrogens (tertiary/aromatic N) is 2. The van der Waals surface area contributed by atoms with Crippen molar-refractivity contribution in [3.8, 4) is 0 Å². The summed E-state index contributed by atoms with van der Waals surface area (Å²) in [7, 11) is 0. The van der Waals surface area contributed by atoms with Crippen molar-refractivity contribution in [3.05, 3.63) is 6.07 Å². The minimum Gasteiger partial charge on any atom is -0.383 e. The molecule has 0 amide bonds. The first-order valence-electron chi connectivity index (χ1n) is 5.08. The molecule has 4 nitrogen and oxygen atoms in total. The molecule has 5 heteroatoms. The summed E-state index contributed by atoms with van der Waals surface area (Å²) in [4.78, 5) is 8.50. The Balaban J connectivity index is 2.16. The first kappa shape index (κ1) is 10.5. The fourth-order valence-electron chi connectivity index (χ4n) is 1.74. The van der Waals surface area contributed by atoms with Gasteiger partial charge in [0.1, 0.15) is 11.6 Å². The van der Waals surface area contributed by atoms with Crippen molar-refractivity contribution in [1.29, 1.82) is 0 Å². The van der Waals surface area contributed by atoms with E-state index >= 15 is 0 Å². The smallest absolute Gasteiger partial charge is 0.191 e. The fourth-order valence-corrected chi connectivity index (χ4v) is 2.13. The highest BCUT2D eigenvalue weighted by Gasteiger charge is 2.31. The summed E-state index contributed by atoms with van der Waals surface area (Å²) >= 11 is 1.51. The van der Waals surface area contributed by atoms with Crippen LogP contribution in [-0.4, -0.2) is 21.8 Å². The molecule has 1 aromatic heterocycles. The van der Waals surface area contributed by atoms with Crippen LogP contribution in [0.3, 0.4) is 0 Å². The van der Waals surface area contributed by atoms with Gasteiger partial charge in [-0.25, -0.2) is 9.97 Å². The Morgan fingerprint density at radius 3 is 2.73 bits per heavy atom. The first-order chi connectivity index (χ1) is 7.11. The Bertz CT molecular complexity index is 362. The highest BCUT2D eigenvalue weighted by atomic mass is 32.2. The maximum Gasteiger partial charge on any atom is 0.191 e. The Hall–Kier alpha value is -0.970. The van der Waals surface area contributed by atoms with Crippen LogP contribution in [0.1, 0.15) is 26.2 Å². The fraction of sp³-hybridized carbons (Fsp3) is 0.600. The van der Waals surface area contributed by atoms with Crippen LogP contribution in [-0.2, 0) is 0 Å². The SMILES string of the molecule is CSc1nc(N)cc(NC2(C)CCC2)n1. The van der Waals surface area contributed by atoms with Crippen molar-refractivity contribution in [3.63, 3.8) is 0 Å². The van der Waals surface area contributed by atoms with Crippen molar-refractivity contribution in [2.24, 2.45) is 0 Å². The lowest BCUT2D eigenvalue weighted by molar-refractivity contribution is 0.305. The highest BCUT2D eigenvalue weighted by molar-refractivity contribution is 7.98. The second-order valence-electron chi connectivity index (χ2n) is 4.20. The summed E-state index contributed by atoms with van der Waals surface area (Å²) in [5.41, 5.74) is 5.91. The Kier molecular flexibility index (Phi) is 2.73. The van der Waals surface area contributed by atoms with Gasteiger partial charge in [0.2, 0.25) is 0 Å². The lowest BCUT2D eigenvalue weighted by Crippen LogP contribution is -2.41. The number of thioether (sulfide) groups is 1. The lowest BCUT2D eigenvalue weighted by atomic mass is 9.78. The molecule has 0 aliphatic heterocycles. The second-order valence-corrected chi connectivity index (χ2v) is 4.98. The quantitative estimate of drug-likeness (QED) is 0.608. The van der Waals surface area contributed by atoms with Crippen LogP contribution in [0.5, 0.6) is 0 Å². The minimum absolute atomic E-state index is 0.205. The maximum atomic E-state index is 5.71. The van der Waals surface area contributed by atoms with Crippen LogP contribution in [0, 0.1) is 0 Å². The third-order valence-electron chi connectivity index (χ3n) is 2.79.